The van der Waals surface area contributed by atoms with Gasteiger partial charge in [0, 0.05) is 18.3 Å². The molecule has 0 bridgehead atoms. The summed E-state index contributed by atoms with van der Waals surface area (Å²) in [4.78, 5) is 30.8. The molecule has 2 N–H and O–H groups in total. The Morgan fingerprint density at radius 2 is 1.89 bits per heavy atom. The Labute approximate surface area is 160 Å². The second-order valence-corrected chi connectivity index (χ2v) is 6.09. The fourth-order valence-electron chi connectivity index (χ4n) is 3.05. The van der Waals surface area contributed by atoms with Gasteiger partial charge in [-0.2, -0.15) is 0 Å². The van der Waals surface area contributed by atoms with Crippen molar-refractivity contribution >= 4 is 17.4 Å². The van der Waals surface area contributed by atoms with Crippen molar-refractivity contribution in [3.05, 3.63) is 71.3 Å². The molecule has 1 aliphatic rings. The zero-order chi connectivity index (χ0) is 20.1. The summed E-state index contributed by atoms with van der Waals surface area (Å²) in [6.07, 6.45) is 1.52. The van der Waals surface area contributed by atoms with Crippen LogP contribution in [0.25, 0.3) is 5.76 Å². The molecule has 1 saturated heterocycles. The van der Waals surface area contributed by atoms with Gasteiger partial charge in [0.2, 0.25) is 0 Å². The fourth-order valence-corrected chi connectivity index (χ4v) is 3.05. The number of carbonyl (C=O) groups excluding carboxylic acids is 2. The van der Waals surface area contributed by atoms with E-state index in [0.717, 1.165) is 12.1 Å². The molecule has 1 fully saturated rings. The SMILES string of the molecule is O=C1C(=O)N(CCOCCO)C(c2ccccn2)C1=C(O)c1ccc(F)cc1. The summed E-state index contributed by atoms with van der Waals surface area (Å²) >= 11 is 0. The monoisotopic (exact) mass is 386 g/mol. The van der Waals surface area contributed by atoms with Crippen LogP contribution >= 0.6 is 0 Å². The standard InChI is InChI=1S/C20H19FN2O5/c21-14-6-4-13(5-7-14)18(25)16-17(15-3-1-2-8-22-15)23(20(27)19(16)26)9-11-28-12-10-24/h1-8,17,24-25H,9-12H2. The van der Waals surface area contributed by atoms with Crippen LogP contribution in [0.3, 0.4) is 0 Å². The van der Waals surface area contributed by atoms with Gasteiger partial charge in [0.1, 0.15) is 17.6 Å². The third-order valence-electron chi connectivity index (χ3n) is 4.34. The minimum atomic E-state index is -0.899. The Hall–Kier alpha value is -3.10. The van der Waals surface area contributed by atoms with Crippen LogP contribution in [0.4, 0.5) is 4.39 Å². The van der Waals surface area contributed by atoms with E-state index in [-0.39, 0.29) is 37.5 Å². The number of aliphatic hydroxyl groups excluding tert-OH is 2. The van der Waals surface area contributed by atoms with E-state index in [9.17, 15) is 19.1 Å². The maximum absolute atomic E-state index is 13.2. The highest BCUT2D eigenvalue weighted by Crippen LogP contribution is 2.38. The summed E-state index contributed by atoms with van der Waals surface area (Å²) in [6.45, 7) is 0.125. The molecule has 1 aromatic heterocycles. The van der Waals surface area contributed by atoms with E-state index in [1.807, 2.05) is 0 Å². The predicted molar refractivity (Wildman–Crippen MR) is 97.6 cm³/mol. The number of rotatable bonds is 7. The van der Waals surface area contributed by atoms with Gasteiger partial charge in [-0.15, -0.1) is 0 Å². The number of nitrogens with zero attached hydrogens (tertiary/aromatic N) is 2. The number of carbonyl (C=O) groups is 2. The smallest absolute Gasteiger partial charge is 0.295 e. The molecule has 1 amide bonds. The van der Waals surface area contributed by atoms with Crippen molar-refractivity contribution < 1.29 is 28.9 Å². The Morgan fingerprint density at radius 3 is 2.54 bits per heavy atom. The van der Waals surface area contributed by atoms with Gasteiger partial charge in [-0.3, -0.25) is 14.6 Å². The molecule has 1 unspecified atom stereocenters. The first kappa shape index (κ1) is 19.7. The largest absolute Gasteiger partial charge is 0.507 e. The third-order valence-corrected chi connectivity index (χ3v) is 4.34. The van der Waals surface area contributed by atoms with E-state index in [1.54, 1.807) is 18.2 Å². The normalized spacial score (nSPS) is 18.6. The predicted octanol–water partition coefficient (Wildman–Crippen LogP) is 1.65. The quantitative estimate of drug-likeness (QED) is 0.325. The average molecular weight is 386 g/mol. The molecule has 1 aromatic carbocycles. The van der Waals surface area contributed by atoms with Crippen LogP contribution in [0.2, 0.25) is 0 Å². The van der Waals surface area contributed by atoms with Gasteiger partial charge in [0.15, 0.2) is 0 Å². The number of aliphatic hydroxyl groups is 2. The molecular formula is C20H19FN2O5. The van der Waals surface area contributed by atoms with Gasteiger partial charge in [-0.25, -0.2) is 4.39 Å². The summed E-state index contributed by atoms with van der Waals surface area (Å²) in [5.41, 5.74) is 0.516. The van der Waals surface area contributed by atoms with E-state index in [4.69, 9.17) is 9.84 Å². The van der Waals surface area contributed by atoms with Gasteiger partial charge >= 0.3 is 0 Å². The van der Waals surface area contributed by atoms with Crippen LogP contribution in [0.5, 0.6) is 0 Å². The lowest BCUT2D eigenvalue weighted by atomic mass is 9.98. The fraction of sp³-hybridized carbons (Fsp3) is 0.250. The van der Waals surface area contributed by atoms with Crippen molar-refractivity contribution in [1.82, 2.24) is 9.88 Å². The van der Waals surface area contributed by atoms with E-state index >= 15 is 0 Å². The first-order valence-corrected chi connectivity index (χ1v) is 8.68. The highest BCUT2D eigenvalue weighted by atomic mass is 19.1. The van der Waals surface area contributed by atoms with Gasteiger partial charge in [0.25, 0.3) is 11.7 Å². The number of halogens is 1. The molecular weight excluding hydrogens is 367 g/mol. The lowest BCUT2D eigenvalue weighted by Gasteiger charge is -2.24. The summed E-state index contributed by atoms with van der Waals surface area (Å²) in [5.74, 6) is -2.52. The van der Waals surface area contributed by atoms with Crippen LogP contribution in [-0.4, -0.2) is 58.2 Å². The van der Waals surface area contributed by atoms with E-state index in [1.165, 1.54) is 23.2 Å². The third kappa shape index (κ3) is 3.92. The Balaban J connectivity index is 2.03. The van der Waals surface area contributed by atoms with Crippen molar-refractivity contribution in [3.8, 4) is 0 Å². The number of Topliss-reactive ketones (excluding diaryl/α,β-unsaturated/α-hetero) is 1. The highest BCUT2D eigenvalue weighted by molar-refractivity contribution is 6.46. The number of aromatic nitrogens is 1. The number of amides is 1. The summed E-state index contributed by atoms with van der Waals surface area (Å²) in [6, 6.07) is 9.13. The van der Waals surface area contributed by atoms with Crippen molar-refractivity contribution in [1.29, 1.82) is 0 Å². The van der Waals surface area contributed by atoms with Crippen LogP contribution in [0, 0.1) is 5.82 Å². The number of ketones is 1. The molecule has 1 atom stereocenters. The Bertz CT molecular complexity index is 883. The van der Waals surface area contributed by atoms with Crippen LogP contribution < -0.4 is 0 Å². The number of hydrogen-bond acceptors (Lipinski definition) is 6. The molecule has 146 valence electrons. The van der Waals surface area contributed by atoms with Gasteiger partial charge in [-0.05, 0) is 36.4 Å². The summed E-state index contributed by atoms with van der Waals surface area (Å²) in [5, 5.41) is 19.5. The minimum absolute atomic E-state index is 0.0754. The number of benzene rings is 1. The van der Waals surface area contributed by atoms with Crippen molar-refractivity contribution in [2.75, 3.05) is 26.4 Å². The minimum Gasteiger partial charge on any atom is -0.507 e. The maximum Gasteiger partial charge on any atom is 0.295 e. The van der Waals surface area contributed by atoms with Gasteiger partial charge < -0.3 is 19.8 Å². The second kappa shape index (κ2) is 8.73. The van der Waals surface area contributed by atoms with Crippen LogP contribution in [-0.2, 0) is 14.3 Å². The molecule has 1 aliphatic heterocycles. The molecule has 0 saturated carbocycles. The number of likely N-dealkylation sites (tertiary alicyclic amines) is 1. The number of pyridine rings is 1. The molecule has 0 spiro atoms. The number of ether oxygens (including phenoxy) is 1. The van der Waals surface area contributed by atoms with E-state index in [0.29, 0.717) is 5.69 Å². The zero-order valence-corrected chi connectivity index (χ0v) is 14.9. The average Bonchev–Trinajstić information content (AvgIpc) is 2.97. The molecule has 8 heteroatoms. The molecule has 2 aromatic rings. The molecule has 28 heavy (non-hydrogen) atoms. The van der Waals surface area contributed by atoms with Crippen LogP contribution in [0.1, 0.15) is 17.3 Å². The first-order valence-electron chi connectivity index (χ1n) is 8.68. The Morgan fingerprint density at radius 1 is 1.14 bits per heavy atom. The van der Waals surface area contributed by atoms with Crippen molar-refractivity contribution in [3.63, 3.8) is 0 Å². The number of hydrogen-bond donors (Lipinski definition) is 2. The van der Waals surface area contributed by atoms with Crippen molar-refractivity contribution in [2.45, 2.75) is 6.04 Å². The van der Waals surface area contributed by atoms with Crippen LogP contribution in [0.15, 0.2) is 54.2 Å². The zero-order valence-electron chi connectivity index (χ0n) is 14.9. The van der Waals surface area contributed by atoms with Gasteiger partial charge in [0.05, 0.1) is 31.1 Å². The second-order valence-electron chi connectivity index (χ2n) is 6.09. The molecule has 7 nitrogen and oxygen atoms in total. The lowest BCUT2D eigenvalue weighted by Crippen LogP contribution is -2.33. The molecule has 2 heterocycles. The molecule has 3 rings (SSSR count). The first-order chi connectivity index (χ1) is 13.5. The molecule has 0 aliphatic carbocycles. The summed E-state index contributed by atoms with van der Waals surface area (Å²) < 4.78 is 18.4. The van der Waals surface area contributed by atoms with E-state index in [2.05, 4.69) is 4.98 Å². The van der Waals surface area contributed by atoms with E-state index < -0.39 is 29.3 Å². The Kier molecular flexibility index (Phi) is 6.13. The van der Waals surface area contributed by atoms with Gasteiger partial charge in [-0.1, -0.05) is 6.07 Å². The maximum atomic E-state index is 13.2. The van der Waals surface area contributed by atoms with Crippen molar-refractivity contribution in [2.24, 2.45) is 0 Å². The lowest BCUT2D eigenvalue weighted by molar-refractivity contribution is -0.140. The topological polar surface area (TPSA) is 100.0 Å². The highest BCUT2D eigenvalue weighted by Gasteiger charge is 2.46. The molecule has 0 radical (unpaired) electrons. The summed E-state index contributed by atoms with van der Waals surface area (Å²) in [7, 11) is 0.